The molecular formula is C17H19N3O3. The maximum atomic E-state index is 12.9. The molecule has 1 aromatic carbocycles. The molecule has 0 radical (unpaired) electrons. The minimum atomic E-state index is -0.531. The molecule has 1 aliphatic rings. The van der Waals surface area contributed by atoms with Crippen LogP contribution in [-0.4, -0.2) is 32.9 Å². The summed E-state index contributed by atoms with van der Waals surface area (Å²) >= 11 is 0. The van der Waals surface area contributed by atoms with Crippen molar-refractivity contribution in [3.8, 4) is 0 Å². The molecule has 6 heteroatoms. The topological polar surface area (TPSA) is 64.1 Å². The molecule has 1 fully saturated rings. The zero-order chi connectivity index (χ0) is 16.7. The molecule has 1 aromatic heterocycles. The number of aryl methyl sites for hydroxylation is 1. The highest BCUT2D eigenvalue weighted by molar-refractivity contribution is 6.09. The van der Waals surface area contributed by atoms with Crippen molar-refractivity contribution in [2.24, 2.45) is 14.1 Å². The van der Waals surface area contributed by atoms with Crippen LogP contribution in [-0.2, 0) is 20.6 Å². The second-order valence-corrected chi connectivity index (χ2v) is 6.00. The van der Waals surface area contributed by atoms with Crippen LogP contribution in [0.2, 0.25) is 0 Å². The number of hydrogen-bond donors (Lipinski definition) is 0. The summed E-state index contributed by atoms with van der Waals surface area (Å²) in [5.41, 5.74) is 1.05. The van der Waals surface area contributed by atoms with E-state index in [1.807, 2.05) is 13.0 Å². The Morgan fingerprint density at radius 2 is 1.83 bits per heavy atom. The average molecular weight is 313 g/mol. The van der Waals surface area contributed by atoms with E-state index < -0.39 is 11.2 Å². The number of nitrogens with zero attached hydrogens (tertiary/aromatic N) is 3. The van der Waals surface area contributed by atoms with Crippen LogP contribution in [0, 0.1) is 6.92 Å². The maximum Gasteiger partial charge on any atom is 0.330 e. The normalized spacial score (nSPS) is 14.0. The minimum Gasteiger partial charge on any atom is -0.299 e. The predicted octanol–water partition coefficient (Wildman–Crippen LogP) is 0.439. The van der Waals surface area contributed by atoms with Gasteiger partial charge in [-0.15, -0.1) is 0 Å². The van der Waals surface area contributed by atoms with Crippen LogP contribution in [0.4, 0.5) is 0 Å². The van der Waals surface area contributed by atoms with Crippen molar-refractivity contribution >= 4 is 5.78 Å². The molecule has 1 aliphatic heterocycles. The number of aromatic nitrogens is 2. The molecule has 3 rings (SSSR count). The van der Waals surface area contributed by atoms with E-state index in [1.54, 1.807) is 25.2 Å². The fourth-order valence-corrected chi connectivity index (χ4v) is 2.67. The van der Waals surface area contributed by atoms with Crippen molar-refractivity contribution < 1.29 is 4.79 Å². The van der Waals surface area contributed by atoms with E-state index in [0.29, 0.717) is 17.8 Å². The quantitative estimate of drug-likeness (QED) is 0.607. The highest BCUT2D eigenvalue weighted by atomic mass is 16.2. The third kappa shape index (κ3) is 2.77. The second kappa shape index (κ2) is 5.62. The molecule has 0 unspecified atom stereocenters. The summed E-state index contributed by atoms with van der Waals surface area (Å²) in [4.78, 5) is 39.7. The first-order chi connectivity index (χ1) is 10.9. The van der Waals surface area contributed by atoms with Gasteiger partial charge in [0.2, 0.25) is 0 Å². The summed E-state index contributed by atoms with van der Waals surface area (Å²) in [6.07, 6.45) is 0. The Hall–Kier alpha value is -2.47. The summed E-state index contributed by atoms with van der Waals surface area (Å²) in [5.74, 6) is -0.332. The monoisotopic (exact) mass is 313 g/mol. The average Bonchev–Trinajstić information content (AvgIpc) is 3.34. The van der Waals surface area contributed by atoms with Gasteiger partial charge in [-0.1, -0.05) is 23.8 Å². The Morgan fingerprint density at radius 1 is 1.13 bits per heavy atom. The minimum absolute atomic E-state index is 0.0899. The summed E-state index contributed by atoms with van der Waals surface area (Å²) < 4.78 is 2.40. The Labute approximate surface area is 133 Å². The smallest absolute Gasteiger partial charge is 0.299 e. The highest BCUT2D eigenvalue weighted by Gasteiger charge is 2.27. The molecule has 1 saturated heterocycles. The number of carbonyl (C=O) groups excluding carboxylic acids is 1. The van der Waals surface area contributed by atoms with E-state index in [4.69, 9.17) is 0 Å². The lowest BCUT2D eigenvalue weighted by Crippen LogP contribution is -2.43. The largest absolute Gasteiger partial charge is 0.330 e. The van der Waals surface area contributed by atoms with Gasteiger partial charge in [0, 0.05) is 39.3 Å². The van der Waals surface area contributed by atoms with Gasteiger partial charge in [0.15, 0.2) is 5.78 Å². The third-order valence-electron chi connectivity index (χ3n) is 4.21. The van der Waals surface area contributed by atoms with E-state index in [2.05, 4.69) is 4.90 Å². The molecular weight excluding hydrogens is 294 g/mol. The molecule has 0 aliphatic carbocycles. The van der Waals surface area contributed by atoms with Crippen molar-refractivity contribution in [3.05, 3.63) is 67.5 Å². The Bertz CT molecular complexity index is 904. The first-order valence-electron chi connectivity index (χ1n) is 7.52. The van der Waals surface area contributed by atoms with Gasteiger partial charge in [0.1, 0.15) is 5.56 Å². The molecule has 2 aromatic rings. The Balaban J connectivity index is 2.22. The van der Waals surface area contributed by atoms with E-state index in [9.17, 15) is 14.4 Å². The zero-order valence-electron chi connectivity index (χ0n) is 13.5. The van der Waals surface area contributed by atoms with Crippen LogP contribution in [0.3, 0.4) is 0 Å². The SMILES string of the molecule is Cc1cccc(C(=O)c2c(CN3CC3)n(C)c(=O)n(C)c2=O)c1. The lowest BCUT2D eigenvalue weighted by molar-refractivity contribution is 0.103. The van der Waals surface area contributed by atoms with Crippen molar-refractivity contribution in [1.29, 1.82) is 0 Å². The van der Waals surface area contributed by atoms with Crippen molar-refractivity contribution in [2.45, 2.75) is 13.5 Å². The highest BCUT2D eigenvalue weighted by Crippen LogP contribution is 2.16. The molecule has 6 nitrogen and oxygen atoms in total. The van der Waals surface area contributed by atoms with Gasteiger partial charge in [-0.25, -0.2) is 4.79 Å². The lowest BCUT2D eigenvalue weighted by atomic mass is 10.0. The van der Waals surface area contributed by atoms with Gasteiger partial charge in [-0.2, -0.15) is 0 Å². The maximum absolute atomic E-state index is 12.9. The van der Waals surface area contributed by atoms with Gasteiger partial charge in [-0.05, 0) is 13.0 Å². The number of rotatable bonds is 4. The van der Waals surface area contributed by atoms with Crippen LogP contribution < -0.4 is 11.2 Å². The van der Waals surface area contributed by atoms with E-state index in [0.717, 1.165) is 23.2 Å². The van der Waals surface area contributed by atoms with E-state index in [-0.39, 0.29) is 11.3 Å². The van der Waals surface area contributed by atoms with Crippen molar-refractivity contribution in [2.75, 3.05) is 13.1 Å². The first kappa shape index (κ1) is 15.4. The molecule has 0 N–H and O–H groups in total. The summed E-state index contributed by atoms with van der Waals surface area (Å²) in [5, 5.41) is 0. The summed E-state index contributed by atoms with van der Waals surface area (Å²) in [6, 6.07) is 7.14. The molecule has 0 atom stereocenters. The molecule has 0 amide bonds. The molecule has 120 valence electrons. The molecule has 2 heterocycles. The van der Waals surface area contributed by atoms with Crippen LogP contribution in [0.15, 0.2) is 33.9 Å². The summed E-state index contributed by atoms with van der Waals surface area (Å²) in [6.45, 7) is 4.17. The fourth-order valence-electron chi connectivity index (χ4n) is 2.67. The van der Waals surface area contributed by atoms with Crippen LogP contribution >= 0.6 is 0 Å². The molecule has 0 saturated carbocycles. The first-order valence-corrected chi connectivity index (χ1v) is 7.52. The Morgan fingerprint density at radius 3 is 2.43 bits per heavy atom. The molecule has 0 bridgehead atoms. The summed E-state index contributed by atoms with van der Waals surface area (Å²) in [7, 11) is 3.01. The van der Waals surface area contributed by atoms with Gasteiger partial charge >= 0.3 is 5.69 Å². The van der Waals surface area contributed by atoms with Crippen molar-refractivity contribution in [3.63, 3.8) is 0 Å². The van der Waals surface area contributed by atoms with Crippen molar-refractivity contribution in [1.82, 2.24) is 14.0 Å². The van der Waals surface area contributed by atoms with E-state index in [1.165, 1.54) is 11.6 Å². The second-order valence-electron chi connectivity index (χ2n) is 6.00. The van der Waals surface area contributed by atoms with Gasteiger partial charge < -0.3 is 0 Å². The Kier molecular flexibility index (Phi) is 3.77. The van der Waals surface area contributed by atoms with Gasteiger partial charge in [-0.3, -0.25) is 23.6 Å². The number of hydrogen-bond acceptors (Lipinski definition) is 4. The zero-order valence-corrected chi connectivity index (χ0v) is 13.5. The third-order valence-corrected chi connectivity index (χ3v) is 4.21. The molecule has 0 spiro atoms. The predicted molar refractivity (Wildman–Crippen MR) is 86.8 cm³/mol. The van der Waals surface area contributed by atoms with Gasteiger partial charge in [0.05, 0.1) is 5.69 Å². The number of ketones is 1. The van der Waals surface area contributed by atoms with Crippen LogP contribution in [0.25, 0.3) is 0 Å². The van der Waals surface area contributed by atoms with E-state index >= 15 is 0 Å². The molecule has 23 heavy (non-hydrogen) atoms. The number of benzene rings is 1. The van der Waals surface area contributed by atoms with Gasteiger partial charge in [0.25, 0.3) is 5.56 Å². The van der Waals surface area contributed by atoms with Crippen LogP contribution in [0.1, 0.15) is 27.2 Å². The standard InChI is InChI=1S/C17H19N3O3/c1-11-5-4-6-12(9-11)15(21)14-13(10-20-7-8-20)18(2)17(23)19(3)16(14)22/h4-6,9H,7-8,10H2,1-3H3. The number of carbonyl (C=O) groups is 1. The van der Waals surface area contributed by atoms with Crippen LogP contribution in [0.5, 0.6) is 0 Å². The lowest BCUT2D eigenvalue weighted by Gasteiger charge is -2.15. The fraction of sp³-hybridized carbons (Fsp3) is 0.353.